The van der Waals surface area contributed by atoms with Crippen LogP contribution in [0.25, 0.3) is 5.53 Å². The number of benzene rings is 2. The van der Waals surface area contributed by atoms with E-state index in [2.05, 4.69) is 27.3 Å². The van der Waals surface area contributed by atoms with Crippen LogP contribution in [0.15, 0.2) is 59.7 Å². The molecule has 1 unspecified atom stereocenters. The molecule has 0 fully saturated rings. The molecular weight excluding hydrogens is 530 g/mol. The van der Waals surface area contributed by atoms with Crippen molar-refractivity contribution in [1.29, 1.82) is 5.26 Å². The molecule has 0 spiro atoms. The third kappa shape index (κ3) is 8.87. The highest BCUT2D eigenvalue weighted by molar-refractivity contribution is 7.92. The first-order valence-electron chi connectivity index (χ1n) is 12.8. The molecule has 0 saturated heterocycles. The van der Waals surface area contributed by atoms with Crippen LogP contribution >= 0.6 is 11.9 Å². The number of nitrogens with one attached hydrogen (secondary N) is 3. The number of ether oxygens (including phenoxy) is 2. The molecule has 12 heteroatoms. The van der Waals surface area contributed by atoms with E-state index in [1.54, 1.807) is 45.7 Å². The summed E-state index contributed by atoms with van der Waals surface area (Å²) in [5, 5.41) is 21.1. The van der Waals surface area contributed by atoms with Crippen LogP contribution in [-0.4, -0.2) is 53.7 Å². The van der Waals surface area contributed by atoms with E-state index < -0.39 is 29.2 Å². The second-order valence-corrected chi connectivity index (χ2v) is 11.7. The number of alkyl carbamates (subject to hydrolysis) is 1. The van der Waals surface area contributed by atoms with E-state index in [0.29, 0.717) is 28.3 Å². The molecule has 0 aromatic heterocycles. The molecule has 3 N–H and O–H groups in total. The second kappa shape index (κ2) is 13.5. The molecular formula is C28H37N7O4S. The molecule has 2 atom stereocenters. The van der Waals surface area contributed by atoms with Gasteiger partial charge in [-0.15, -0.1) is 0 Å². The number of carbonyl (C=O) groups excluding carboxylic acids is 2. The van der Waals surface area contributed by atoms with Crippen LogP contribution < -0.4 is 15.2 Å². The minimum atomic E-state index is -1.28. The molecule has 2 aromatic carbocycles. The molecule has 1 heterocycles. The standard InChI is InChI=1S/C28H37N7O4S/c1-27(2,3)39-26(37)31-28(4,5)25(36)30-23(18-38-17-20-12-8-7-9-13-20)24-32-33-35(34(24)6)40-19-22-15-11-10-14-21(22)16-29/h7-15,23,35H,17-19H2,1-6H3,(H,30,36)(H,31,37)/t23-/m1/s1. The number of amides is 2. The first-order valence-corrected chi connectivity index (χ1v) is 13.8. The predicted octanol–water partition coefficient (Wildman–Crippen LogP) is 3.06. The van der Waals surface area contributed by atoms with Crippen molar-refractivity contribution >= 4 is 29.8 Å². The van der Waals surface area contributed by atoms with E-state index in [1.807, 2.05) is 55.6 Å². The van der Waals surface area contributed by atoms with Gasteiger partial charge in [0.1, 0.15) is 29.1 Å². The zero-order valence-electron chi connectivity index (χ0n) is 23.7. The first kappa shape index (κ1) is 30.7. The Hall–Kier alpha value is -3.79. The summed E-state index contributed by atoms with van der Waals surface area (Å²) in [6.45, 7) is 8.92. The van der Waals surface area contributed by atoms with Gasteiger partial charge in [0, 0.05) is 0 Å². The Bertz CT molecular complexity index is 1240. The van der Waals surface area contributed by atoms with Gasteiger partial charge >= 0.3 is 6.09 Å². The number of nitrogens with zero attached hydrogens (tertiary/aromatic N) is 4. The Morgan fingerprint density at radius 1 is 1.12 bits per heavy atom. The van der Waals surface area contributed by atoms with Crippen molar-refractivity contribution in [1.82, 2.24) is 15.6 Å². The summed E-state index contributed by atoms with van der Waals surface area (Å²) < 4.78 is 11.9. The number of nitriles is 1. The quantitative estimate of drug-likeness (QED) is 0.355. The molecule has 2 aromatic rings. The lowest BCUT2D eigenvalue weighted by molar-refractivity contribution is -0.827. The fourth-order valence-electron chi connectivity index (χ4n) is 3.66. The van der Waals surface area contributed by atoms with Crippen LogP contribution in [0.5, 0.6) is 0 Å². The SMILES string of the molecule is CN1C([C@@H](COCc2ccccc2)NC(=O)C(C)(C)NC(=O)OC(C)(C)C)=N[N-][NH+]1SCc1ccccc1C#N. The minimum Gasteiger partial charge on any atom is -0.444 e. The molecule has 2 amide bonds. The van der Waals surface area contributed by atoms with Crippen LogP contribution in [0.2, 0.25) is 0 Å². The molecule has 0 aliphatic carbocycles. The Kier molecular flexibility index (Phi) is 10.4. The summed E-state index contributed by atoms with van der Waals surface area (Å²) in [5.74, 6) is 0.585. The minimum absolute atomic E-state index is 0.122. The lowest BCUT2D eigenvalue weighted by atomic mass is 10.0. The summed E-state index contributed by atoms with van der Waals surface area (Å²) in [6, 6.07) is 18.7. The number of carbonyl (C=O) groups is 2. The van der Waals surface area contributed by atoms with Gasteiger partial charge in [0.25, 0.3) is 0 Å². The highest BCUT2D eigenvalue weighted by atomic mass is 32.2. The zero-order chi connectivity index (χ0) is 29.3. The maximum Gasteiger partial charge on any atom is 0.408 e. The van der Waals surface area contributed by atoms with Gasteiger partial charge in [0.15, 0.2) is 5.84 Å². The average molecular weight is 568 g/mol. The monoisotopic (exact) mass is 567 g/mol. The van der Waals surface area contributed by atoms with Gasteiger partial charge in [-0.3, -0.25) is 4.79 Å². The number of hydrogen-bond acceptors (Lipinski definition) is 8. The predicted molar refractivity (Wildman–Crippen MR) is 153 cm³/mol. The van der Waals surface area contributed by atoms with Gasteiger partial charge in [-0.1, -0.05) is 48.5 Å². The number of rotatable bonds is 11. The average Bonchev–Trinajstić information content (AvgIpc) is 3.25. The van der Waals surface area contributed by atoms with E-state index in [9.17, 15) is 14.9 Å². The van der Waals surface area contributed by atoms with E-state index >= 15 is 0 Å². The normalized spacial score (nSPS) is 15.9. The second-order valence-electron chi connectivity index (χ2n) is 10.7. The highest BCUT2D eigenvalue weighted by Gasteiger charge is 2.36. The maximum atomic E-state index is 13.4. The summed E-state index contributed by atoms with van der Waals surface area (Å²) >= 11 is 1.44. The van der Waals surface area contributed by atoms with Crippen LogP contribution in [0.4, 0.5) is 4.79 Å². The fourth-order valence-corrected chi connectivity index (χ4v) is 4.58. The van der Waals surface area contributed by atoms with Crippen molar-refractivity contribution in [2.24, 2.45) is 5.10 Å². The van der Waals surface area contributed by atoms with Crippen molar-refractivity contribution in [2.45, 2.75) is 64.2 Å². The summed E-state index contributed by atoms with van der Waals surface area (Å²) in [6.07, 6.45) is -0.695. The first-order chi connectivity index (χ1) is 18.9. The van der Waals surface area contributed by atoms with Crippen molar-refractivity contribution in [2.75, 3.05) is 13.7 Å². The van der Waals surface area contributed by atoms with Crippen LogP contribution in [0.1, 0.15) is 51.3 Å². The molecule has 0 saturated carbocycles. The topological polar surface area (TPSA) is 135 Å². The Labute approximate surface area is 239 Å². The number of amidine groups is 1. The van der Waals surface area contributed by atoms with Gasteiger partial charge in [0.05, 0.1) is 37.6 Å². The third-order valence-electron chi connectivity index (χ3n) is 5.76. The zero-order valence-corrected chi connectivity index (χ0v) is 24.5. The molecule has 0 bridgehead atoms. The molecule has 11 nitrogen and oxygen atoms in total. The largest absolute Gasteiger partial charge is 0.444 e. The van der Waals surface area contributed by atoms with Crippen LogP contribution in [0, 0.1) is 11.3 Å². The summed E-state index contributed by atoms with van der Waals surface area (Å²) in [7, 11) is 1.81. The molecule has 1 aliphatic rings. The molecule has 40 heavy (non-hydrogen) atoms. The van der Waals surface area contributed by atoms with E-state index in [1.165, 1.54) is 11.9 Å². The summed E-state index contributed by atoms with van der Waals surface area (Å²) in [5.41, 5.74) is 4.84. The van der Waals surface area contributed by atoms with Gasteiger partial charge in [-0.25, -0.2) is 9.80 Å². The molecule has 3 rings (SSSR count). The summed E-state index contributed by atoms with van der Waals surface area (Å²) in [4.78, 5) is 25.7. The molecule has 0 radical (unpaired) electrons. The lowest BCUT2D eigenvalue weighted by Gasteiger charge is -2.32. The van der Waals surface area contributed by atoms with Crippen molar-refractivity contribution < 1.29 is 23.6 Å². The number of hydrogen-bond donors (Lipinski definition) is 3. The van der Waals surface area contributed by atoms with Crippen LogP contribution in [0.3, 0.4) is 0 Å². The Morgan fingerprint density at radius 3 is 2.48 bits per heavy atom. The van der Waals surface area contributed by atoms with E-state index in [0.717, 1.165) is 11.1 Å². The Balaban J connectivity index is 1.69. The molecule has 214 valence electrons. The number of likely N-dealkylation sites (N-methyl/N-ethyl adjacent to an activating group) is 1. The lowest BCUT2D eigenvalue weighted by Crippen LogP contribution is -3.07. The fraction of sp³-hybridized carbons (Fsp3) is 0.429. The van der Waals surface area contributed by atoms with Crippen molar-refractivity contribution in [3.05, 3.63) is 76.8 Å². The maximum absolute atomic E-state index is 13.4. The third-order valence-corrected chi connectivity index (χ3v) is 6.83. The molecule has 1 aliphatic heterocycles. The smallest absolute Gasteiger partial charge is 0.408 e. The number of quaternary nitrogens is 1. The van der Waals surface area contributed by atoms with E-state index in [-0.39, 0.29) is 6.61 Å². The highest BCUT2D eigenvalue weighted by Crippen LogP contribution is 2.16. The van der Waals surface area contributed by atoms with E-state index in [4.69, 9.17) is 9.47 Å². The Morgan fingerprint density at radius 2 is 1.80 bits per heavy atom. The van der Waals surface area contributed by atoms with Gasteiger partial charge in [-0.2, -0.15) is 9.79 Å². The van der Waals surface area contributed by atoms with Crippen molar-refractivity contribution in [3.8, 4) is 6.07 Å². The van der Waals surface area contributed by atoms with Gasteiger partial charge in [-0.05, 0) is 51.8 Å². The van der Waals surface area contributed by atoms with Gasteiger partial charge in [0.2, 0.25) is 5.91 Å². The van der Waals surface area contributed by atoms with Gasteiger partial charge < -0.3 is 30.7 Å². The van der Waals surface area contributed by atoms with Crippen molar-refractivity contribution in [3.63, 3.8) is 0 Å². The van der Waals surface area contributed by atoms with Crippen LogP contribution in [-0.2, 0) is 26.6 Å².